The Bertz CT molecular complexity index is 836. The first-order valence-electron chi connectivity index (χ1n) is 8.36. The lowest BCUT2D eigenvalue weighted by atomic mass is 10.1. The number of aromatic nitrogens is 2. The maximum Gasteiger partial charge on any atom is 0.331 e. The van der Waals surface area contributed by atoms with Gasteiger partial charge in [0.1, 0.15) is 6.07 Å². The molecule has 0 saturated heterocycles. The molecule has 142 valence electrons. The zero-order valence-electron chi connectivity index (χ0n) is 15.5. The average Bonchev–Trinajstić information content (AvgIpc) is 3.09. The van der Waals surface area contributed by atoms with Crippen molar-refractivity contribution in [2.75, 3.05) is 13.7 Å². The Morgan fingerprint density at radius 2 is 2.19 bits per heavy atom. The van der Waals surface area contributed by atoms with Crippen molar-refractivity contribution in [3.8, 4) is 17.6 Å². The fraction of sp³-hybridized carbons (Fsp3) is 0.368. The van der Waals surface area contributed by atoms with Crippen LogP contribution in [0.3, 0.4) is 0 Å². The summed E-state index contributed by atoms with van der Waals surface area (Å²) in [6.45, 7) is 3.95. The number of hydrogen-bond acceptors (Lipinski definition) is 8. The summed E-state index contributed by atoms with van der Waals surface area (Å²) in [5.74, 6) is 1.64. The second-order valence-electron chi connectivity index (χ2n) is 6.00. The topological polar surface area (TPSA) is 107 Å². The van der Waals surface area contributed by atoms with E-state index in [1.165, 1.54) is 13.2 Å². The Balaban J connectivity index is 1.90. The molecule has 8 nitrogen and oxygen atoms in total. The molecule has 0 saturated carbocycles. The van der Waals surface area contributed by atoms with Crippen molar-refractivity contribution in [1.29, 1.82) is 5.26 Å². The molecule has 2 rings (SSSR count). The molecule has 1 aromatic heterocycles. The Hall–Kier alpha value is -3.34. The van der Waals surface area contributed by atoms with Gasteiger partial charge in [0.05, 0.1) is 7.11 Å². The van der Waals surface area contributed by atoms with Crippen LogP contribution in [0.25, 0.3) is 6.08 Å². The molecule has 0 unspecified atom stereocenters. The normalized spacial score (nSPS) is 10.8. The summed E-state index contributed by atoms with van der Waals surface area (Å²) >= 11 is 0. The predicted molar refractivity (Wildman–Crippen MR) is 95.8 cm³/mol. The van der Waals surface area contributed by atoms with E-state index in [4.69, 9.17) is 24.0 Å². The monoisotopic (exact) mass is 371 g/mol. The lowest BCUT2D eigenvalue weighted by molar-refractivity contribution is -0.139. The van der Waals surface area contributed by atoms with E-state index < -0.39 is 5.97 Å². The van der Waals surface area contributed by atoms with Crippen LogP contribution >= 0.6 is 0 Å². The number of ether oxygens (including phenoxy) is 3. The third-order valence-electron chi connectivity index (χ3n) is 3.33. The van der Waals surface area contributed by atoms with E-state index in [-0.39, 0.29) is 19.1 Å². The molecule has 8 heteroatoms. The van der Waals surface area contributed by atoms with E-state index in [2.05, 4.69) is 24.0 Å². The fourth-order valence-electron chi connectivity index (χ4n) is 2.16. The van der Waals surface area contributed by atoms with Gasteiger partial charge in [-0.3, -0.25) is 0 Å². The van der Waals surface area contributed by atoms with Gasteiger partial charge in [-0.15, -0.1) is 0 Å². The van der Waals surface area contributed by atoms with E-state index >= 15 is 0 Å². The number of esters is 1. The summed E-state index contributed by atoms with van der Waals surface area (Å²) in [7, 11) is 1.49. The van der Waals surface area contributed by atoms with Crippen molar-refractivity contribution in [1.82, 2.24) is 10.1 Å². The number of carbonyl (C=O) groups excluding carboxylic acids is 1. The number of hydrogen-bond donors (Lipinski definition) is 0. The van der Waals surface area contributed by atoms with Crippen LogP contribution in [-0.2, 0) is 22.6 Å². The van der Waals surface area contributed by atoms with Gasteiger partial charge >= 0.3 is 5.97 Å². The van der Waals surface area contributed by atoms with Crippen molar-refractivity contribution >= 4 is 12.0 Å². The number of carbonyl (C=O) groups is 1. The molecule has 0 aliphatic rings. The summed E-state index contributed by atoms with van der Waals surface area (Å²) < 4.78 is 20.6. The third kappa shape index (κ3) is 6.47. The zero-order chi connectivity index (χ0) is 19.6. The summed E-state index contributed by atoms with van der Waals surface area (Å²) in [5, 5.41) is 12.4. The molecule has 1 heterocycles. The molecule has 1 aromatic carbocycles. The SMILES string of the molecule is COc1cc(/C=C/C(=O)OCc2nc(CC(C)C)no2)ccc1OCC#N. The minimum Gasteiger partial charge on any atom is -0.493 e. The van der Waals surface area contributed by atoms with Gasteiger partial charge in [-0.1, -0.05) is 25.1 Å². The first-order valence-corrected chi connectivity index (χ1v) is 8.36. The average molecular weight is 371 g/mol. The molecule has 0 bridgehead atoms. The highest BCUT2D eigenvalue weighted by Gasteiger charge is 2.10. The molecule has 0 aliphatic heterocycles. The molecule has 27 heavy (non-hydrogen) atoms. The van der Waals surface area contributed by atoms with Crippen LogP contribution in [0.2, 0.25) is 0 Å². The van der Waals surface area contributed by atoms with Crippen LogP contribution in [-0.4, -0.2) is 29.8 Å². The first kappa shape index (κ1) is 20.0. The van der Waals surface area contributed by atoms with Crippen LogP contribution in [0.15, 0.2) is 28.8 Å². The molecule has 0 amide bonds. The van der Waals surface area contributed by atoms with E-state index in [0.29, 0.717) is 35.2 Å². The van der Waals surface area contributed by atoms with Gasteiger partial charge < -0.3 is 18.7 Å². The molecule has 0 radical (unpaired) electrons. The van der Waals surface area contributed by atoms with Gasteiger partial charge in [-0.05, 0) is 29.7 Å². The fourth-order valence-corrected chi connectivity index (χ4v) is 2.16. The summed E-state index contributed by atoms with van der Waals surface area (Å²) in [4.78, 5) is 16.0. The molecule has 2 aromatic rings. The van der Waals surface area contributed by atoms with Gasteiger partial charge in [-0.2, -0.15) is 10.2 Å². The van der Waals surface area contributed by atoms with Crippen molar-refractivity contribution in [2.45, 2.75) is 26.9 Å². The lowest BCUT2D eigenvalue weighted by Crippen LogP contribution is -2.02. The van der Waals surface area contributed by atoms with Crippen LogP contribution in [0.1, 0.15) is 31.1 Å². The van der Waals surface area contributed by atoms with E-state index in [1.54, 1.807) is 24.3 Å². The first-order chi connectivity index (χ1) is 13.0. The minimum absolute atomic E-state index is 0.0770. The standard InChI is InChI=1S/C19H21N3O5/c1-13(2)10-17-21-18(27-22-17)12-26-19(23)7-5-14-4-6-15(25-9-8-20)16(11-14)24-3/h4-7,11,13H,9-10,12H2,1-3H3/b7-5+. The van der Waals surface area contributed by atoms with Crippen molar-refractivity contribution in [2.24, 2.45) is 5.92 Å². The highest BCUT2D eigenvalue weighted by atomic mass is 16.6. The van der Waals surface area contributed by atoms with Gasteiger partial charge in [-0.25, -0.2) is 4.79 Å². The second kappa shape index (κ2) is 9.97. The van der Waals surface area contributed by atoms with Crippen LogP contribution in [0, 0.1) is 17.2 Å². The molecular weight excluding hydrogens is 350 g/mol. The summed E-state index contributed by atoms with van der Waals surface area (Å²) in [6, 6.07) is 6.97. The largest absolute Gasteiger partial charge is 0.493 e. The van der Waals surface area contributed by atoms with E-state index in [0.717, 1.165) is 0 Å². The van der Waals surface area contributed by atoms with Gasteiger partial charge in [0.25, 0.3) is 5.89 Å². The number of nitrogens with zero attached hydrogens (tertiary/aromatic N) is 3. The number of benzene rings is 1. The molecular formula is C19H21N3O5. The molecule has 0 N–H and O–H groups in total. The zero-order valence-corrected chi connectivity index (χ0v) is 15.5. The smallest absolute Gasteiger partial charge is 0.331 e. The maximum absolute atomic E-state index is 11.8. The van der Waals surface area contributed by atoms with E-state index in [1.807, 2.05) is 6.07 Å². The summed E-state index contributed by atoms with van der Waals surface area (Å²) in [6.07, 6.45) is 3.57. The highest BCUT2D eigenvalue weighted by Crippen LogP contribution is 2.28. The molecule has 0 aliphatic carbocycles. The third-order valence-corrected chi connectivity index (χ3v) is 3.33. The van der Waals surface area contributed by atoms with Crippen molar-refractivity contribution in [3.63, 3.8) is 0 Å². The molecule has 0 fully saturated rings. The summed E-state index contributed by atoms with van der Waals surface area (Å²) in [5.41, 5.74) is 0.713. The van der Waals surface area contributed by atoms with Crippen LogP contribution < -0.4 is 9.47 Å². The molecule has 0 spiro atoms. The lowest BCUT2D eigenvalue weighted by Gasteiger charge is -2.08. The maximum atomic E-state index is 11.8. The van der Waals surface area contributed by atoms with Gasteiger partial charge in [0.2, 0.25) is 0 Å². The Labute approximate surface area is 157 Å². The molecule has 0 atom stereocenters. The van der Waals surface area contributed by atoms with Crippen LogP contribution in [0.5, 0.6) is 11.5 Å². The predicted octanol–water partition coefficient (Wildman–Crippen LogP) is 2.94. The van der Waals surface area contributed by atoms with Crippen molar-refractivity contribution in [3.05, 3.63) is 41.6 Å². The Morgan fingerprint density at radius 3 is 2.89 bits per heavy atom. The number of nitriles is 1. The van der Waals surface area contributed by atoms with Crippen LogP contribution in [0.4, 0.5) is 0 Å². The number of rotatable bonds is 9. The quantitative estimate of drug-likeness (QED) is 0.489. The van der Waals surface area contributed by atoms with Gasteiger partial charge in [0.15, 0.2) is 30.5 Å². The number of methoxy groups -OCH3 is 1. The Morgan fingerprint density at radius 1 is 1.37 bits per heavy atom. The second-order valence-corrected chi connectivity index (χ2v) is 6.00. The van der Waals surface area contributed by atoms with Gasteiger partial charge in [0, 0.05) is 12.5 Å². The van der Waals surface area contributed by atoms with E-state index in [9.17, 15) is 4.79 Å². The van der Waals surface area contributed by atoms with Crippen molar-refractivity contribution < 1.29 is 23.5 Å². The minimum atomic E-state index is -0.539. The Kier molecular flexibility index (Phi) is 7.37. The highest BCUT2D eigenvalue weighted by molar-refractivity contribution is 5.87.